The standard InChI is InChI=1S/C15H17N5O/c1-11(13-5-7-16-10-17-13)20(2)9-12-3-4-15(21-12)14-6-8-18-19-14/h3-8,10-11H,9H2,1-2H3,(H,18,19)/t11-/m1/s1. The van der Waals surface area contributed by atoms with E-state index in [1.807, 2.05) is 31.3 Å². The summed E-state index contributed by atoms with van der Waals surface area (Å²) in [6, 6.07) is 7.94. The van der Waals surface area contributed by atoms with E-state index < -0.39 is 0 Å². The molecule has 0 bridgehead atoms. The van der Waals surface area contributed by atoms with Gasteiger partial charge in [0.1, 0.15) is 17.8 Å². The van der Waals surface area contributed by atoms with Gasteiger partial charge in [0.2, 0.25) is 0 Å². The summed E-state index contributed by atoms with van der Waals surface area (Å²) in [6.45, 7) is 2.82. The molecule has 6 nitrogen and oxygen atoms in total. The van der Waals surface area contributed by atoms with Crippen molar-refractivity contribution < 1.29 is 4.42 Å². The van der Waals surface area contributed by atoms with Crippen LogP contribution in [0, 0.1) is 0 Å². The number of nitrogens with zero attached hydrogens (tertiary/aromatic N) is 4. The third-order valence-corrected chi connectivity index (χ3v) is 3.53. The fraction of sp³-hybridized carbons (Fsp3) is 0.267. The van der Waals surface area contributed by atoms with E-state index in [0.29, 0.717) is 6.54 Å². The maximum atomic E-state index is 5.84. The molecule has 0 saturated heterocycles. The summed E-state index contributed by atoms with van der Waals surface area (Å²) in [5, 5.41) is 6.82. The van der Waals surface area contributed by atoms with Crippen LogP contribution in [0.1, 0.15) is 24.4 Å². The third-order valence-electron chi connectivity index (χ3n) is 3.53. The summed E-state index contributed by atoms with van der Waals surface area (Å²) < 4.78 is 5.84. The zero-order valence-electron chi connectivity index (χ0n) is 12.0. The summed E-state index contributed by atoms with van der Waals surface area (Å²) in [6.07, 6.45) is 5.04. The SMILES string of the molecule is C[C@H](c1ccncn1)N(C)Cc1ccc(-c2ccn[nH]2)o1. The molecule has 0 radical (unpaired) electrons. The Bertz CT molecular complexity index is 677. The summed E-state index contributed by atoms with van der Waals surface area (Å²) in [4.78, 5) is 10.4. The molecule has 0 spiro atoms. The molecule has 1 atom stereocenters. The van der Waals surface area contributed by atoms with Gasteiger partial charge in [-0.3, -0.25) is 10.00 Å². The van der Waals surface area contributed by atoms with E-state index >= 15 is 0 Å². The van der Waals surface area contributed by atoms with Crippen LogP contribution in [0.25, 0.3) is 11.5 Å². The van der Waals surface area contributed by atoms with Crippen LogP contribution in [0.15, 0.2) is 47.4 Å². The molecular formula is C15H17N5O. The Morgan fingerprint density at radius 1 is 1.24 bits per heavy atom. The molecule has 1 N–H and O–H groups in total. The van der Waals surface area contributed by atoms with Gasteiger partial charge in [-0.25, -0.2) is 9.97 Å². The molecule has 0 unspecified atom stereocenters. The van der Waals surface area contributed by atoms with Crippen molar-refractivity contribution in [3.05, 3.63) is 54.4 Å². The third kappa shape index (κ3) is 3.00. The molecule has 0 aliphatic carbocycles. The fourth-order valence-electron chi connectivity index (χ4n) is 2.16. The zero-order chi connectivity index (χ0) is 14.7. The van der Waals surface area contributed by atoms with Gasteiger partial charge in [0.15, 0.2) is 5.76 Å². The van der Waals surface area contributed by atoms with Crippen LogP contribution in [0.5, 0.6) is 0 Å². The van der Waals surface area contributed by atoms with Crippen LogP contribution in [-0.4, -0.2) is 32.1 Å². The van der Waals surface area contributed by atoms with Gasteiger partial charge >= 0.3 is 0 Å². The molecule has 6 heteroatoms. The predicted molar refractivity (Wildman–Crippen MR) is 78.2 cm³/mol. The fourth-order valence-corrected chi connectivity index (χ4v) is 2.16. The van der Waals surface area contributed by atoms with Crippen molar-refractivity contribution >= 4 is 0 Å². The average molecular weight is 283 g/mol. The lowest BCUT2D eigenvalue weighted by Gasteiger charge is -2.22. The van der Waals surface area contributed by atoms with Gasteiger partial charge in [0.25, 0.3) is 0 Å². The second-order valence-corrected chi connectivity index (χ2v) is 4.96. The first-order valence-corrected chi connectivity index (χ1v) is 6.78. The number of furan rings is 1. The average Bonchev–Trinajstić information content (AvgIpc) is 3.18. The first-order valence-electron chi connectivity index (χ1n) is 6.78. The summed E-state index contributed by atoms with van der Waals surface area (Å²) in [5.74, 6) is 1.70. The summed E-state index contributed by atoms with van der Waals surface area (Å²) >= 11 is 0. The van der Waals surface area contributed by atoms with Crippen LogP contribution in [-0.2, 0) is 6.54 Å². The van der Waals surface area contributed by atoms with Gasteiger partial charge in [-0.15, -0.1) is 0 Å². The number of hydrogen-bond acceptors (Lipinski definition) is 5. The van der Waals surface area contributed by atoms with E-state index in [9.17, 15) is 0 Å². The Morgan fingerprint density at radius 2 is 2.14 bits per heavy atom. The van der Waals surface area contributed by atoms with Gasteiger partial charge in [-0.1, -0.05) is 0 Å². The van der Waals surface area contributed by atoms with Gasteiger partial charge in [0.05, 0.1) is 12.2 Å². The second-order valence-electron chi connectivity index (χ2n) is 4.96. The van der Waals surface area contributed by atoms with Crippen molar-refractivity contribution in [2.24, 2.45) is 0 Å². The Labute approximate surface area is 122 Å². The molecular weight excluding hydrogens is 266 g/mol. The molecule has 3 heterocycles. The highest BCUT2D eigenvalue weighted by Gasteiger charge is 2.15. The first-order chi connectivity index (χ1) is 10.2. The molecule has 0 aliphatic rings. The maximum Gasteiger partial charge on any atom is 0.152 e. The number of nitrogens with one attached hydrogen (secondary N) is 1. The molecule has 21 heavy (non-hydrogen) atoms. The van der Waals surface area contributed by atoms with Gasteiger partial charge in [0, 0.05) is 18.4 Å². The molecule has 0 amide bonds. The summed E-state index contributed by atoms with van der Waals surface area (Å²) in [7, 11) is 2.05. The summed E-state index contributed by atoms with van der Waals surface area (Å²) in [5.41, 5.74) is 1.88. The largest absolute Gasteiger partial charge is 0.458 e. The minimum atomic E-state index is 0.189. The zero-order valence-corrected chi connectivity index (χ0v) is 12.0. The Balaban J connectivity index is 1.69. The smallest absolute Gasteiger partial charge is 0.152 e. The van der Waals surface area contributed by atoms with Crippen molar-refractivity contribution in [1.29, 1.82) is 0 Å². The highest BCUT2D eigenvalue weighted by molar-refractivity contribution is 5.51. The van der Waals surface area contributed by atoms with Crippen LogP contribution < -0.4 is 0 Å². The Kier molecular flexibility index (Phi) is 3.79. The normalized spacial score (nSPS) is 12.7. The van der Waals surface area contributed by atoms with E-state index in [4.69, 9.17) is 4.42 Å². The van der Waals surface area contributed by atoms with E-state index in [2.05, 4.69) is 32.0 Å². The van der Waals surface area contributed by atoms with E-state index in [0.717, 1.165) is 22.9 Å². The van der Waals surface area contributed by atoms with Crippen molar-refractivity contribution in [2.45, 2.75) is 19.5 Å². The number of hydrogen-bond donors (Lipinski definition) is 1. The number of H-pyrrole nitrogens is 1. The first kappa shape index (κ1) is 13.5. The van der Waals surface area contributed by atoms with Crippen LogP contribution in [0.3, 0.4) is 0 Å². The predicted octanol–water partition coefficient (Wildman–Crippen LogP) is 2.65. The Hall–Kier alpha value is -2.47. The quantitative estimate of drug-likeness (QED) is 0.779. The second kappa shape index (κ2) is 5.88. The van der Waals surface area contributed by atoms with Gasteiger partial charge in [-0.05, 0) is 38.2 Å². The van der Waals surface area contributed by atoms with E-state index in [-0.39, 0.29) is 6.04 Å². The Morgan fingerprint density at radius 3 is 2.86 bits per heavy atom. The van der Waals surface area contributed by atoms with Crippen molar-refractivity contribution in [2.75, 3.05) is 7.05 Å². The van der Waals surface area contributed by atoms with Gasteiger partial charge < -0.3 is 4.42 Å². The molecule has 0 fully saturated rings. The highest BCUT2D eigenvalue weighted by Crippen LogP contribution is 2.23. The number of aromatic amines is 1. The van der Waals surface area contributed by atoms with Crippen LogP contribution in [0.2, 0.25) is 0 Å². The lowest BCUT2D eigenvalue weighted by Crippen LogP contribution is -2.22. The number of rotatable bonds is 5. The molecule has 3 aromatic heterocycles. The van der Waals surface area contributed by atoms with E-state index in [1.165, 1.54) is 0 Å². The van der Waals surface area contributed by atoms with Crippen LogP contribution >= 0.6 is 0 Å². The monoisotopic (exact) mass is 283 g/mol. The highest BCUT2D eigenvalue weighted by atomic mass is 16.3. The molecule has 3 rings (SSSR count). The van der Waals surface area contributed by atoms with Gasteiger partial charge in [-0.2, -0.15) is 5.10 Å². The topological polar surface area (TPSA) is 70.8 Å². The maximum absolute atomic E-state index is 5.84. The number of aromatic nitrogens is 4. The van der Waals surface area contributed by atoms with Crippen LogP contribution in [0.4, 0.5) is 0 Å². The van der Waals surface area contributed by atoms with Crippen molar-refractivity contribution in [3.63, 3.8) is 0 Å². The lowest BCUT2D eigenvalue weighted by molar-refractivity contribution is 0.229. The molecule has 108 valence electrons. The van der Waals surface area contributed by atoms with Crippen molar-refractivity contribution in [3.8, 4) is 11.5 Å². The minimum Gasteiger partial charge on any atom is -0.458 e. The van der Waals surface area contributed by atoms with E-state index in [1.54, 1.807) is 18.7 Å². The molecule has 0 aliphatic heterocycles. The molecule has 0 aromatic carbocycles. The minimum absolute atomic E-state index is 0.189. The molecule has 0 saturated carbocycles. The molecule has 3 aromatic rings. The van der Waals surface area contributed by atoms with Crippen molar-refractivity contribution in [1.82, 2.24) is 25.1 Å². The lowest BCUT2D eigenvalue weighted by atomic mass is 10.2.